The van der Waals surface area contributed by atoms with Crippen LogP contribution in [0.4, 0.5) is 0 Å². The van der Waals surface area contributed by atoms with Gasteiger partial charge in [0.05, 0.1) is 30.0 Å². The number of aromatic nitrogens is 2. The summed E-state index contributed by atoms with van der Waals surface area (Å²) in [5.41, 5.74) is 9.74. The molecule has 1 unspecified atom stereocenters. The number of carbonyl (C=O) groups excluding carboxylic acids is 4. The number of nitrogens with zero attached hydrogens (tertiary/aromatic N) is 5. The summed E-state index contributed by atoms with van der Waals surface area (Å²) in [4.78, 5) is 65.1. The second-order valence-electron chi connectivity index (χ2n) is 18.9. The third kappa shape index (κ3) is 9.63. The Kier molecular flexibility index (Phi) is 13.6. The number of ether oxygens (including phenoxy) is 2. The number of methoxy groups -OCH3 is 1. The van der Waals surface area contributed by atoms with Crippen LogP contribution in [0.25, 0.3) is 33.3 Å². The average molecular weight is 864 g/mol. The van der Waals surface area contributed by atoms with Crippen molar-refractivity contribution in [2.24, 2.45) is 17.3 Å². The number of hydrazine groups is 1. The predicted molar refractivity (Wildman–Crippen MR) is 242 cm³/mol. The van der Waals surface area contributed by atoms with Crippen LogP contribution >= 0.6 is 0 Å². The van der Waals surface area contributed by atoms with E-state index in [0.29, 0.717) is 50.9 Å². The number of esters is 1. The number of phenols is 1. The highest BCUT2D eigenvalue weighted by Crippen LogP contribution is 2.42. The third-order valence-electron chi connectivity index (χ3n) is 13.1. The molecule has 14 heteroatoms. The molecule has 0 radical (unpaired) electrons. The fraction of sp³-hybridized carbons (Fsp3) is 0.531. The van der Waals surface area contributed by atoms with E-state index in [4.69, 9.17) is 14.5 Å². The molecule has 63 heavy (non-hydrogen) atoms. The van der Waals surface area contributed by atoms with Gasteiger partial charge in [-0.15, -0.1) is 0 Å². The molecule has 3 aliphatic heterocycles. The molecule has 2 fully saturated rings. The first-order valence-corrected chi connectivity index (χ1v) is 22.5. The Morgan fingerprint density at radius 2 is 1.86 bits per heavy atom. The van der Waals surface area contributed by atoms with Crippen LogP contribution in [0.3, 0.4) is 0 Å². The second-order valence-corrected chi connectivity index (χ2v) is 18.9. The number of aryl methyl sites for hydroxylation is 1. The number of nitrogens with one attached hydrogen (secondary N) is 2. The van der Waals surface area contributed by atoms with Crippen molar-refractivity contribution in [1.29, 1.82) is 0 Å². The number of rotatable bonds is 9. The molecular formula is C49H65N7O7. The van der Waals surface area contributed by atoms with Gasteiger partial charge in [0.1, 0.15) is 23.9 Å². The third-order valence-corrected chi connectivity index (χ3v) is 13.1. The fourth-order valence-electron chi connectivity index (χ4n) is 9.81. The smallest absolute Gasteiger partial charge is 0.324 e. The molecular weight excluding hydrogens is 799 g/mol. The number of aromatic hydroxyl groups is 1. The Labute approximate surface area is 371 Å². The van der Waals surface area contributed by atoms with Gasteiger partial charge < -0.3 is 34.3 Å². The van der Waals surface area contributed by atoms with Crippen molar-refractivity contribution in [3.8, 4) is 28.1 Å². The SMILES string of the molecule is CCn1c(-c2cccnc2[C@H](C)OC)c2c3cc(ccc31)-c1cc(O)cc(c1)C[C@H](NC(=O)C(C(C)C)N(C)C(=O)[C@H]1CCN(C)C1)C(=O)N1CCC[C@H](N1)C(=O)OCC(C)(C)C2. The van der Waals surface area contributed by atoms with Crippen molar-refractivity contribution in [3.63, 3.8) is 0 Å². The van der Waals surface area contributed by atoms with E-state index in [1.54, 1.807) is 32.5 Å². The number of amides is 3. The van der Waals surface area contributed by atoms with E-state index in [0.717, 1.165) is 51.1 Å². The van der Waals surface area contributed by atoms with E-state index in [1.165, 1.54) is 9.91 Å². The molecule has 14 nitrogen and oxygen atoms in total. The molecule has 2 saturated heterocycles. The van der Waals surface area contributed by atoms with Gasteiger partial charge in [-0.1, -0.05) is 39.8 Å². The largest absolute Gasteiger partial charge is 0.508 e. The van der Waals surface area contributed by atoms with Crippen LogP contribution in [-0.4, -0.2) is 119 Å². The van der Waals surface area contributed by atoms with Gasteiger partial charge in [0.2, 0.25) is 11.8 Å². The van der Waals surface area contributed by atoms with Crippen LogP contribution in [-0.2, 0) is 48.0 Å². The normalized spacial score (nSPS) is 21.8. The van der Waals surface area contributed by atoms with Crippen molar-refractivity contribution in [3.05, 3.63) is 71.5 Å². The second kappa shape index (κ2) is 18.8. The predicted octanol–water partition coefficient (Wildman–Crippen LogP) is 5.89. The van der Waals surface area contributed by atoms with Gasteiger partial charge in [0.25, 0.3) is 5.91 Å². The van der Waals surface area contributed by atoms with Gasteiger partial charge in [-0.25, -0.2) is 5.43 Å². The van der Waals surface area contributed by atoms with E-state index in [9.17, 15) is 24.3 Å². The monoisotopic (exact) mass is 863 g/mol. The Morgan fingerprint density at radius 1 is 1.08 bits per heavy atom. The van der Waals surface area contributed by atoms with E-state index in [1.807, 2.05) is 46.0 Å². The molecule has 2 aromatic heterocycles. The summed E-state index contributed by atoms with van der Waals surface area (Å²) in [7, 11) is 5.32. The first-order valence-electron chi connectivity index (χ1n) is 22.5. The van der Waals surface area contributed by atoms with Gasteiger partial charge in [0, 0.05) is 68.3 Å². The Hall–Kier alpha value is -5.31. The van der Waals surface area contributed by atoms with Crippen LogP contribution in [0.2, 0.25) is 0 Å². The van der Waals surface area contributed by atoms with Crippen molar-refractivity contribution >= 4 is 34.6 Å². The Bertz CT molecular complexity index is 2360. The van der Waals surface area contributed by atoms with Crippen molar-refractivity contribution in [2.75, 3.05) is 47.4 Å². The summed E-state index contributed by atoms with van der Waals surface area (Å²) in [5.74, 6) is -1.90. The summed E-state index contributed by atoms with van der Waals surface area (Å²) in [6, 6.07) is 12.9. The molecule has 3 N–H and O–H groups in total. The summed E-state index contributed by atoms with van der Waals surface area (Å²) in [5, 5.41) is 16.8. The van der Waals surface area contributed by atoms with Gasteiger partial charge in [0.15, 0.2) is 0 Å². The minimum Gasteiger partial charge on any atom is -0.508 e. The molecule has 5 heterocycles. The number of carbonyl (C=O) groups is 4. The standard InChI is InChI=1S/C49H65N7O7/c1-10-55-41-16-15-32-25-37(41)38(44(55)36-13-11-18-50-42(36)30(4)62-9)26-49(5,6)28-63-48(61)39-14-12-19-56(52-39)47(60)40(23-31-21-34(32)24-35(57)22-31)51-45(58)43(29(2)3)54(8)46(59)33-17-20-53(7)27-33/h11,13,15-16,18,21-22,24-25,29-30,33,39-40,43,52,57H,10,12,14,17,19-20,23,26-28H2,1-9H3,(H,51,58)/t30-,33-,39-,40-,43?/m0/s1. The number of likely N-dealkylation sites (tertiary alicyclic amines) is 1. The zero-order valence-corrected chi connectivity index (χ0v) is 38.4. The maximum Gasteiger partial charge on any atom is 0.324 e. The minimum absolute atomic E-state index is 0.0158. The van der Waals surface area contributed by atoms with E-state index in [2.05, 4.69) is 59.2 Å². The molecule has 7 rings (SSSR count). The molecule has 2 aromatic carbocycles. The highest BCUT2D eigenvalue weighted by molar-refractivity contribution is 5.96. The van der Waals surface area contributed by atoms with Crippen LogP contribution in [0.15, 0.2) is 54.7 Å². The average Bonchev–Trinajstić information content (AvgIpc) is 3.83. The van der Waals surface area contributed by atoms with Crippen LogP contribution in [0.5, 0.6) is 5.75 Å². The molecule has 0 spiro atoms. The number of pyridine rings is 1. The van der Waals surface area contributed by atoms with Gasteiger partial charge in [-0.2, -0.15) is 0 Å². The lowest BCUT2D eigenvalue weighted by atomic mass is 9.84. The highest BCUT2D eigenvalue weighted by atomic mass is 16.5. The summed E-state index contributed by atoms with van der Waals surface area (Å²) >= 11 is 0. The fourth-order valence-corrected chi connectivity index (χ4v) is 9.81. The van der Waals surface area contributed by atoms with Gasteiger partial charge in [-0.3, -0.25) is 29.2 Å². The van der Waals surface area contributed by atoms with E-state index < -0.39 is 41.3 Å². The lowest BCUT2D eigenvalue weighted by Gasteiger charge is -2.37. The van der Waals surface area contributed by atoms with E-state index in [-0.39, 0.29) is 42.6 Å². The number of likely N-dealkylation sites (N-methyl/N-ethyl adjacent to an activating group) is 1. The maximum absolute atomic E-state index is 14.7. The molecule has 3 amide bonds. The van der Waals surface area contributed by atoms with E-state index >= 15 is 0 Å². The number of benzene rings is 2. The minimum atomic E-state index is -1.10. The number of fused-ring (bicyclic) bond motifs is 6. The van der Waals surface area contributed by atoms with Crippen molar-refractivity contribution in [1.82, 2.24) is 35.1 Å². The number of hydrogen-bond acceptors (Lipinski definition) is 10. The summed E-state index contributed by atoms with van der Waals surface area (Å²) < 4.78 is 14.2. The Morgan fingerprint density at radius 3 is 2.56 bits per heavy atom. The first kappa shape index (κ1) is 45.7. The van der Waals surface area contributed by atoms with Crippen LogP contribution in [0.1, 0.15) is 83.7 Å². The molecule has 0 saturated carbocycles. The van der Waals surface area contributed by atoms with Crippen LogP contribution in [0, 0.1) is 17.3 Å². The van der Waals surface area contributed by atoms with Crippen molar-refractivity contribution < 1.29 is 33.8 Å². The number of cyclic esters (lactones) is 1. The quantitative estimate of drug-likeness (QED) is 0.174. The topological polar surface area (TPSA) is 159 Å². The highest BCUT2D eigenvalue weighted by Gasteiger charge is 2.39. The number of hydrogen-bond donors (Lipinski definition) is 3. The molecule has 4 aromatic rings. The summed E-state index contributed by atoms with van der Waals surface area (Å²) in [6.07, 6.45) is 3.83. The van der Waals surface area contributed by atoms with Crippen LogP contribution < -0.4 is 10.7 Å². The lowest BCUT2D eigenvalue weighted by Crippen LogP contribution is -2.62. The summed E-state index contributed by atoms with van der Waals surface area (Å²) in [6.45, 7) is 14.6. The molecule has 3 aliphatic rings. The molecule has 0 aliphatic carbocycles. The Balaban J connectivity index is 1.34. The first-order chi connectivity index (χ1) is 30.0. The van der Waals surface area contributed by atoms with Crippen molar-refractivity contribution in [2.45, 2.75) is 104 Å². The van der Waals surface area contributed by atoms with Gasteiger partial charge in [-0.05, 0) is 118 Å². The molecule has 338 valence electrons. The zero-order chi connectivity index (χ0) is 45.3. The molecule has 5 atom stereocenters. The lowest BCUT2D eigenvalue weighted by molar-refractivity contribution is -0.155. The zero-order valence-electron chi connectivity index (χ0n) is 38.4. The molecule has 6 bridgehead atoms. The van der Waals surface area contributed by atoms with Gasteiger partial charge >= 0.3 is 5.97 Å². The maximum atomic E-state index is 14.7. The number of phenolic OH excluding ortho intramolecular Hbond substituents is 1.